The zero-order chi connectivity index (χ0) is 14.7. The van der Waals surface area contributed by atoms with Crippen LogP contribution in [0.25, 0.3) is 0 Å². The van der Waals surface area contributed by atoms with Gasteiger partial charge >= 0.3 is 5.97 Å². The topological polar surface area (TPSA) is 37.3 Å². The Labute approximate surface area is 129 Å². The van der Waals surface area contributed by atoms with Gasteiger partial charge in [0.15, 0.2) is 0 Å². The molecule has 0 amide bonds. The Balaban J connectivity index is 2.07. The van der Waals surface area contributed by atoms with E-state index < -0.39 is 5.97 Å². The standard InChI is InChI=1S/C17H23BrO2/c1-11-3-6-14(9-12(11)2)16(17(19)20)10-13-4-7-15(18)8-5-13/h4-5,7-8,11-12,14,16H,3,6,9-10H2,1-2H3,(H,19,20). The molecule has 3 heteroatoms. The summed E-state index contributed by atoms with van der Waals surface area (Å²) in [5, 5.41) is 9.58. The highest BCUT2D eigenvalue weighted by Gasteiger charge is 2.33. The van der Waals surface area contributed by atoms with Gasteiger partial charge in [0.25, 0.3) is 0 Å². The molecule has 2 rings (SSSR count). The van der Waals surface area contributed by atoms with E-state index in [2.05, 4.69) is 29.8 Å². The Hall–Kier alpha value is -0.830. The molecule has 0 spiro atoms. The van der Waals surface area contributed by atoms with E-state index >= 15 is 0 Å². The average molecular weight is 339 g/mol. The summed E-state index contributed by atoms with van der Waals surface area (Å²) in [5.41, 5.74) is 1.12. The average Bonchev–Trinajstić information content (AvgIpc) is 2.41. The highest BCUT2D eigenvalue weighted by molar-refractivity contribution is 9.10. The normalized spacial score (nSPS) is 28.1. The molecule has 0 aromatic heterocycles. The van der Waals surface area contributed by atoms with Gasteiger partial charge in [-0.25, -0.2) is 0 Å². The van der Waals surface area contributed by atoms with Gasteiger partial charge in [0.1, 0.15) is 0 Å². The van der Waals surface area contributed by atoms with Crippen molar-refractivity contribution >= 4 is 21.9 Å². The number of aliphatic carboxylic acids is 1. The lowest BCUT2D eigenvalue weighted by Gasteiger charge is -2.35. The molecule has 0 heterocycles. The lowest BCUT2D eigenvalue weighted by Crippen LogP contribution is -2.32. The van der Waals surface area contributed by atoms with Crippen molar-refractivity contribution in [3.8, 4) is 0 Å². The summed E-state index contributed by atoms with van der Waals surface area (Å²) in [6.45, 7) is 4.54. The number of hydrogen-bond acceptors (Lipinski definition) is 1. The van der Waals surface area contributed by atoms with Crippen molar-refractivity contribution in [2.24, 2.45) is 23.7 Å². The Kier molecular flexibility index (Phi) is 5.25. The van der Waals surface area contributed by atoms with Crippen LogP contribution in [-0.2, 0) is 11.2 Å². The van der Waals surface area contributed by atoms with E-state index in [0.717, 1.165) is 35.2 Å². The van der Waals surface area contributed by atoms with Crippen molar-refractivity contribution in [2.45, 2.75) is 39.5 Å². The molecule has 1 aromatic carbocycles. The quantitative estimate of drug-likeness (QED) is 0.858. The third-order valence-corrected chi connectivity index (χ3v) is 5.42. The van der Waals surface area contributed by atoms with E-state index in [-0.39, 0.29) is 5.92 Å². The molecule has 0 aliphatic heterocycles. The van der Waals surface area contributed by atoms with Crippen LogP contribution in [0.4, 0.5) is 0 Å². The lowest BCUT2D eigenvalue weighted by atomic mass is 9.70. The first-order valence-electron chi connectivity index (χ1n) is 7.44. The van der Waals surface area contributed by atoms with Crippen molar-refractivity contribution < 1.29 is 9.90 Å². The molecular formula is C17H23BrO2. The highest BCUT2D eigenvalue weighted by Crippen LogP contribution is 2.38. The Bertz CT molecular complexity index is 455. The van der Waals surface area contributed by atoms with Gasteiger partial charge in [-0.2, -0.15) is 0 Å². The van der Waals surface area contributed by atoms with E-state index in [9.17, 15) is 9.90 Å². The summed E-state index contributed by atoms with van der Waals surface area (Å²) in [6.07, 6.45) is 3.91. The van der Waals surface area contributed by atoms with Crippen LogP contribution < -0.4 is 0 Å². The maximum Gasteiger partial charge on any atom is 0.307 e. The molecule has 1 saturated carbocycles. The smallest absolute Gasteiger partial charge is 0.307 e. The first-order valence-corrected chi connectivity index (χ1v) is 8.24. The fourth-order valence-corrected chi connectivity index (χ4v) is 3.55. The number of benzene rings is 1. The van der Waals surface area contributed by atoms with Crippen LogP contribution >= 0.6 is 15.9 Å². The second kappa shape index (κ2) is 6.75. The monoisotopic (exact) mass is 338 g/mol. The van der Waals surface area contributed by atoms with Gasteiger partial charge in [-0.15, -0.1) is 0 Å². The van der Waals surface area contributed by atoms with Gasteiger partial charge in [-0.3, -0.25) is 4.79 Å². The SMILES string of the molecule is CC1CCC(C(Cc2ccc(Br)cc2)C(=O)O)CC1C. The van der Waals surface area contributed by atoms with Crippen LogP contribution in [0.3, 0.4) is 0 Å². The van der Waals surface area contributed by atoms with E-state index in [1.165, 1.54) is 0 Å². The van der Waals surface area contributed by atoms with Gasteiger partial charge in [0.2, 0.25) is 0 Å². The van der Waals surface area contributed by atoms with Crippen LogP contribution in [0.2, 0.25) is 0 Å². The van der Waals surface area contributed by atoms with E-state index in [0.29, 0.717) is 18.3 Å². The minimum absolute atomic E-state index is 0.244. The Morgan fingerprint density at radius 1 is 1.25 bits per heavy atom. The van der Waals surface area contributed by atoms with Gasteiger partial charge in [-0.05, 0) is 54.7 Å². The largest absolute Gasteiger partial charge is 0.481 e. The second-order valence-electron chi connectivity index (χ2n) is 6.30. The Morgan fingerprint density at radius 3 is 2.45 bits per heavy atom. The first-order chi connectivity index (χ1) is 9.47. The molecule has 2 nitrogen and oxygen atoms in total. The zero-order valence-corrected chi connectivity index (χ0v) is 13.8. The molecule has 1 aliphatic carbocycles. The molecule has 0 saturated heterocycles. The molecular weight excluding hydrogens is 316 g/mol. The van der Waals surface area contributed by atoms with Crippen LogP contribution in [-0.4, -0.2) is 11.1 Å². The van der Waals surface area contributed by atoms with Crippen LogP contribution in [0, 0.1) is 23.7 Å². The summed E-state index contributed by atoms with van der Waals surface area (Å²) >= 11 is 3.42. The second-order valence-corrected chi connectivity index (χ2v) is 7.22. The molecule has 1 aliphatic rings. The molecule has 0 bridgehead atoms. The third kappa shape index (κ3) is 3.85. The van der Waals surface area contributed by atoms with Crippen molar-refractivity contribution in [1.82, 2.24) is 0 Å². The number of hydrogen-bond donors (Lipinski definition) is 1. The predicted octanol–water partition coefficient (Wildman–Crippen LogP) is 4.76. The third-order valence-electron chi connectivity index (χ3n) is 4.89. The molecule has 4 atom stereocenters. The molecule has 20 heavy (non-hydrogen) atoms. The van der Waals surface area contributed by atoms with Gasteiger partial charge in [0, 0.05) is 4.47 Å². The van der Waals surface area contributed by atoms with E-state index in [1.54, 1.807) is 0 Å². The van der Waals surface area contributed by atoms with Crippen molar-refractivity contribution in [3.05, 3.63) is 34.3 Å². The molecule has 1 fully saturated rings. The van der Waals surface area contributed by atoms with Crippen LogP contribution in [0.5, 0.6) is 0 Å². The van der Waals surface area contributed by atoms with E-state index in [1.807, 2.05) is 24.3 Å². The summed E-state index contributed by atoms with van der Waals surface area (Å²) in [5.74, 6) is 0.807. The van der Waals surface area contributed by atoms with E-state index in [4.69, 9.17) is 0 Å². The fraction of sp³-hybridized carbons (Fsp3) is 0.588. The predicted molar refractivity (Wildman–Crippen MR) is 84.6 cm³/mol. The number of carboxylic acids is 1. The molecule has 110 valence electrons. The summed E-state index contributed by atoms with van der Waals surface area (Å²) < 4.78 is 1.04. The summed E-state index contributed by atoms with van der Waals surface area (Å²) in [4.78, 5) is 11.6. The molecule has 4 unspecified atom stereocenters. The maximum absolute atomic E-state index is 11.6. The zero-order valence-electron chi connectivity index (χ0n) is 12.2. The number of carbonyl (C=O) groups is 1. The maximum atomic E-state index is 11.6. The summed E-state index contributed by atoms with van der Waals surface area (Å²) in [7, 11) is 0. The first kappa shape index (κ1) is 15.6. The molecule has 1 aromatic rings. The molecule has 0 radical (unpaired) electrons. The fourth-order valence-electron chi connectivity index (χ4n) is 3.28. The van der Waals surface area contributed by atoms with Crippen molar-refractivity contribution in [3.63, 3.8) is 0 Å². The minimum atomic E-state index is -0.639. The van der Waals surface area contributed by atoms with Gasteiger partial charge < -0.3 is 5.11 Å². The highest BCUT2D eigenvalue weighted by atomic mass is 79.9. The van der Waals surface area contributed by atoms with Gasteiger partial charge in [-0.1, -0.05) is 48.3 Å². The lowest BCUT2D eigenvalue weighted by molar-refractivity contribution is -0.144. The van der Waals surface area contributed by atoms with Gasteiger partial charge in [0.05, 0.1) is 5.92 Å². The Morgan fingerprint density at radius 2 is 1.90 bits per heavy atom. The van der Waals surface area contributed by atoms with Crippen molar-refractivity contribution in [1.29, 1.82) is 0 Å². The summed E-state index contributed by atoms with van der Waals surface area (Å²) in [6, 6.07) is 8.02. The number of halogens is 1. The van der Waals surface area contributed by atoms with Crippen LogP contribution in [0.1, 0.15) is 38.7 Å². The van der Waals surface area contributed by atoms with Crippen LogP contribution in [0.15, 0.2) is 28.7 Å². The number of rotatable bonds is 4. The molecule has 1 N–H and O–H groups in total. The van der Waals surface area contributed by atoms with Crippen molar-refractivity contribution in [2.75, 3.05) is 0 Å². The number of carboxylic acid groups (broad SMARTS) is 1. The minimum Gasteiger partial charge on any atom is -0.481 e.